The number of carbonyl (C=O) groups is 3. The lowest BCUT2D eigenvalue weighted by Gasteiger charge is -2.17. The summed E-state index contributed by atoms with van der Waals surface area (Å²) >= 11 is 0. The highest BCUT2D eigenvalue weighted by atomic mass is 19.1. The molecule has 0 saturated heterocycles. The number of aryl methyl sites for hydroxylation is 1. The maximum absolute atomic E-state index is 14.5. The summed E-state index contributed by atoms with van der Waals surface area (Å²) in [5, 5.41) is 0. The number of nitrogens with one attached hydrogen (secondary N) is 1. The Balaban J connectivity index is 2.70. The van der Waals surface area contributed by atoms with Crippen molar-refractivity contribution in [2.45, 2.75) is 27.7 Å². The van der Waals surface area contributed by atoms with E-state index in [9.17, 15) is 18.8 Å². The van der Waals surface area contributed by atoms with Gasteiger partial charge in [0.1, 0.15) is 11.5 Å². The minimum atomic E-state index is -0.824. The van der Waals surface area contributed by atoms with Crippen LogP contribution in [0.15, 0.2) is 24.3 Å². The van der Waals surface area contributed by atoms with Crippen LogP contribution < -0.4 is 0 Å². The van der Waals surface area contributed by atoms with Crippen molar-refractivity contribution in [2.24, 2.45) is 0 Å². The minimum absolute atomic E-state index is 0.0505. The Bertz CT molecular complexity index is 869. The third-order valence-electron chi connectivity index (χ3n) is 4.28. The largest absolute Gasteiger partial charge is 0.462 e. The Morgan fingerprint density at radius 2 is 1.74 bits per heavy atom. The molecule has 7 heteroatoms. The molecule has 0 unspecified atom stereocenters. The van der Waals surface area contributed by atoms with Gasteiger partial charge in [-0.15, -0.1) is 0 Å². The highest BCUT2D eigenvalue weighted by Crippen LogP contribution is 2.33. The van der Waals surface area contributed by atoms with Crippen molar-refractivity contribution in [1.82, 2.24) is 9.88 Å². The van der Waals surface area contributed by atoms with Gasteiger partial charge >= 0.3 is 5.97 Å². The molecule has 1 heterocycles. The molecule has 0 saturated carbocycles. The van der Waals surface area contributed by atoms with Gasteiger partial charge in [0.05, 0.1) is 12.2 Å². The standard InChI is InChI=1S/C20H23FN2O4/c1-5-23(6-2)19(25)18(24)17-16(13-10-8-9-11-14(13)21)15(12(4)22-17)20(26)27-7-3/h8-11,22H,5-7H2,1-4H3. The first-order valence-corrected chi connectivity index (χ1v) is 8.85. The molecule has 2 aromatic rings. The van der Waals surface area contributed by atoms with E-state index in [4.69, 9.17) is 4.74 Å². The van der Waals surface area contributed by atoms with Crippen molar-refractivity contribution in [3.05, 3.63) is 47.0 Å². The molecule has 0 spiro atoms. The number of ether oxygens (including phenoxy) is 1. The predicted molar refractivity (Wildman–Crippen MR) is 99.1 cm³/mol. The Morgan fingerprint density at radius 3 is 2.30 bits per heavy atom. The quantitative estimate of drug-likeness (QED) is 0.458. The molecule has 0 aliphatic heterocycles. The molecule has 27 heavy (non-hydrogen) atoms. The van der Waals surface area contributed by atoms with Crippen molar-refractivity contribution in [2.75, 3.05) is 19.7 Å². The Labute approximate surface area is 157 Å². The van der Waals surface area contributed by atoms with Crippen molar-refractivity contribution in [1.29, 1.82) is 0 Å². The van der Waals surface area contributed by atoms with Crippen LogP contribution in [-0.2, 0) is 9.53 Å². The van der Waals surface area contributed by atoms with Gasteiger partial charge in [-0.25, -0.2) is 9.18 Å². The highest BCUT2D eigenvalue weighted by Gasteiger charge is 2.32. The molecule has 0 radical (unpaired) electrons. The second-order valence-corrected chi connectivity index (χ2v) is 5.88. The van der Waals surface area contributed by atoms with E-state index < -0.39 is 23.5 Å². The topological polar surface area (TPSA) is 79.5 Å². The molecule has 1 N–H and O–H groups in total. The molecule has 0 atom stereocenters. The minimum Gasteiger partial charge on any atom is -0.462 e. The number of carbonyl (C=O) groups excluding carboxylic acids is 3. The Kier molecular flexibility index (Phi) is 6.50. The molecule has 0 aliphatic rings. The summed E-state index contributed by atoms with van der Waals surface area (Å²) in [7, 11) is 0. The average Bonchev–Trinajstić information content (AvgIpc) is 2.99. The zero-order valence-electron chi connectivity index (χ0n) is 15.9. The van der Waals surface area contributed by atoms with Gasteiger partial charge in [-0.05, 0) is 33.8 Å². The van der Waals surface area contributed by atoms with Crippen molar-refractivity contribution < 1.29 is 23.5 Å². The molecular weight excluding hydrogens is 351 g/mol. The van der Waals surface area contributed by atoms with Gasteiger partial charge in [-0.1, -0.05) is 18.2 Å². The van der Waals surface area contributed by atoms with Crippen molar-refractivity contribution in [3.63, 3.8) is 0 Å². The van der Waals surface area contributed by atoms with E-state index in [0.717, 1.165) is 0 Å². The summed E-state index contributed by atoms with van der Waals surface area (Å²) in [5.74, 6) is -2.82. The van der Waals surface area contributed by atoms with E-state index in [1.807, 2.05) is 0 Å². The van der Waals surface area contributed by atoms with Gasteiger partial charge in [-0.3, -0.25) is 9.59 Å². The molecule has 1 aromatic heterocycles. The lowest BCUT2D eigenvalue weighted by molar-refractivity contribution is -0.126. The lowest BCUT2D eigenvalue weighted by atomic mass is 9.97. The van der Waals surface area contributed by atoms with Gasteiger partial charge in [0.25, 0.3) is 11.7 Å². The van der Waals surface area contributed by atoms with Crippen LogP contribution in [0.2, 0.25) is 0 Å². The maximum atomic E-state index is 14.5. The smallest absolute Gasteiger partial charge is 0.340 e. The number of halogens is 1. The molecular formula is C20H23FN2O4. The molecule has 0 bridgehead atoms. The first kappa shape index (κ1) is 20.4. The number of ketones is 1. The number of Topliss-reactive ketones (excluding diaryl/α,β-unsaturated/α-hetero) is 1. The van der Waals surface area contributed by atoms with Gasteiger partial charge < -0.3 is 14.6 Å². The first-order chi connectivity index (χ1) is 12.9. The maximum Gasteiger partial charge on any atom is 0.340 e. The fraction of sp³-hybridized carbons (Fsp3) is 0.350. The molecule has 0 fully saturated rings. The van der Waals surface area contributed by atoms with E-state index >= 15 is 0 Å². The third kappa shape index (κ3) is 3.92. The normalized spacial score (nSPS) is 10.6. The molecule has 0 aliphatic carbocycles. The number of amides is 1. The highest BCUT2D eigenvalue weighted by molar-refractivity contribution is 6.43. The monoisotopic (exact) mass is 374 g/mol. The zero-order valence-corrected chi connectivity index (χ0v) is 15.9. The van der Waals surface area contributed by atoms with Crippen LogP contribution in [-0.4, -0.2) is 47.2 Å². The summed E-state index contributed by atoms with van der Waals surface area (Å²) in [4.78, 5) is 42.0. The summed E-state index contributed by atoms with van der Waals surface area (Å²) in [6.45, 7) is 7.60. The molecule has 6 nitrogen and oxygen atoms in total. The molecule has 1 aromatic carbocycles. The number of hydrogen-bond acceptors (Lipinski definition) is 4. The van der Waals surface area contributed by atoms with E-state index in [2.05, 4.69) is 4.98 Å². The van der Waals surface area contributed by atoms with Crippen molar-refractivity contribution in [3.8, 4) is 11.1 Å². The van der Waals surface area contributed by atoms with Crippen LogP contribution in [0.3, 0.4) is 0 Å². The second-order valence-electron chi connectivity index (χ2n) is 5.88. The van der Waals surface area contributed by atoms with Crippen LogP contribution in [0.1, 0.15) is 47.3 Å². The molecule has 2 rings (SSSR count). The van der Waals surface area contributed by atoms with Gasteiger partial charge in [0.15, 0.2) is 0 Å². The number of likely N-dealkylation sites (N-methyl/N-ethyl adjacent to an activating group) is 1. The van der Waals surface area contributed by atoms with E-state index in [0.29, 0.717) is 18.8 Å². The molecule has 1 amide bonds. The average molecular weight is 374 g/mol. The molecule has 144 valence electrons. The van der Waals surface area contributed by atoms with E-state index in [1.54, 1.807) is 33.8 Å². The number of aromatic amines is 1. The van der Waals surface area contributed by atoms with Crippen LogP contribution in [0.4, 0.5) is 4.39 Å². The number of H-pyrrole nitrogens is 1. The van der Waals surface area contributed by atoms with Crippen LogP contribution in [0.25, 0.3) is 11.1 Å². The zero-order chi connectivity index (χ0) is 20.1. The van der Waals surface area contributed by atoms with E-state index in [-0.39, 0.29) is 29.0 Å². The van der Waals surface area contributed by atoms with Gasteiger partial charge in [0.2, 0.25) is 0 Å². The number of aromatic nitrogens is 1. The third-order valence-corrected chi connectivity index (χ3v) is 4.28. The number of benzene rings is 1. The fourth-order valence-electron chi connectivity index (χ4n) is 2.95. The number of nitrogens with zero attached hydrogens (tertiary/aromatic N) is 1. The Hall–Kier alpha value is -2.96. The summed E-state index contributed by atoms with van der Waals surface area (Å²) in [6, 6.07) is 5.79. The van der Waals surface area contributed by atoms with Crippen molar-refractivity contribution >= 4 is 17.7 Å². The number of esters is 1. The first-order valence-electron chi connectivity index (χ1n) is 8.85. The number of rotatable bonds is 7. The fourth-order valence-corrected chi connectivity index (χ4v) is 2.95. The van der Waals surface area contributed by atoms with Crippen LogP contribution in [0, 0.1) is 12.7 Å². The van der Waals surface area contributed by atoms with Gasteiger partial charge in [-0.2, -0.15) is 0 Å². The van der Waals surface area contributed by atoms with E-state index in [1.165, 1.54) is 23.1 Å². The van der Waals surface area contributed by atoms with Gasteiger partial charge in [0, 0.05) is 29.9 Å². The van der Waals surface area contributed by atoms with Crippen LogP contribution >= 0.6 is 0 Å². The lowest BCUT2D eigenvalue weighted by Crippen LogP contribution is -2.36. The summed E-state index contributed by atoms with van der Waals surface area (Å²) < 4.78 is 19.5. The number of hydrogen-bond donors (Lipinski definition) is 1. The summed E-state index contributed by atoms with van der Waals surface area (Å²) in [5.41, 5.74) is 0.382. The SMILES string of the molecule is CCOC(=O)c1c(C)[nH]c(C(=O)C(=O)N(CC)CC)c1-c1ccccc1F. The predicted octanol–water partition coefficient (Wildman–Crippen LogP) is 3.36. The van der Waals surface area contributed by atoms with Crippen LogP contribution in [0.5, 0.6) is 0 Å². The Morgan fingerprint density at radius 1 is 1.11 bits per heavy atom. The second kappa shape index (κ2) is 8.62. The summed E-state index contributed by atoms with van der Waals surface area (Å²) in [6.07, 6.45) is 0.